The Hall–Kier alpha value is -0.336. The van der Waals surface area contributed by atoms with Crippen LogP contribution in [-0.2, 0) is 8.85 Å². The van der Waals surface area contributed by atoms with Crippen molar-refractivity contribution < 1.29 is 13.6 Å². The maximum atomic E-state index is 12.0. The molecule has 0 fully saturated rings. The highest BCUT2D eigenvalue weighted by Crippen LogP contribution is 2.21. The Labute approximate surface area is 146 Å². The Morgan fingerprint density at radius 1 is 1.04 bits per heavy atom. The van der Waals surface area contributed by atoms with Crippen LogP contribution in [0.1, 0.15) is 53.9 Å². The topological polar surface area (TPSA) is 47.6 Å². The molecule has 0 aliphatic rings. The highest BCUT2D eigenvalue weighted by molar-refractivity contribution is 6.74. The van der Waals surface area contributed by atoms with Crippen LogP contribution in [-0.4, -0.2) is 35.4 Å². The predicted octanol–water partition coefficient (Wildman–Crippen LogP) is 5.52. The van der Waals surface area contributed by atoms with E-state index >= 15 is 0 Å². The molecule has 0 aromatic heterocycles. The standard InChI is InChI=1S/C17H39NO3Si2/c1-8-16(5)20-22(6,7)15-13-12-14-18-17(19)21-23(9-2,10-3)11-4/h16H,8-15H2,1-7H3,(H,18,19). The lowest BCUT2D eigenvalue weighted by molar-refractivity contribution is 0.196. The number of amides is 1. The van der Waals surface area contributed by atoms with Gasteiger partial charge in [-0.3, -0.25) is 0 Å². The Morgan fingerprint density at radius 2 is 1.61 bits per heavy atom. The van der Waals surface area contributed by atoms with E-state index in [1.165, 1.54) is 0 Å². The minimum absolute atomic E-state index is 0.213. The quantitative estimate of drug-likeness (QED) is 0.368. The van der Waals surface area contributed by atoms with Crippen LogP contribution in [0.3, 0.4) is 0 Å². The lowest BCUT2D eigenvalue weighted by Crippen LogP contribution is -2.42. The van der Waals surface area contributed by atoms with Crippen molar-refractivity contribution in [2.45, 2.75) is 97.3 Å². The van der Waals surface area contributed by atoms with Gasteiger partial charge < -0.3 is 14.2 Å². The molecule has 0 radical (unpaired) electrons. The van der Waals surface area contributed by atoms with Gasteiger partial charge in [0.1, 0.15) is 0 Å². The van der Waals surface area contributed by atoms with Gasteiger partial charge in [-0.1, -0.05) is 34.1 Å². The third kappa shape index (κ3) is 9.52. The number of unbranched alkanes of at least 4 members (excludes halogenated alkanes) is 1. The molecule has 0 rings (SSSR count). The molecule has 1 unspecified atom stereocenters. The van der Waals surface area contributed by atoms with E-state index in [-0.39, 0.29) is 6.09 Å². The van der Waals surface area contributed by atoms with Gasteiger partial charge in [0.2, 0.25) is 0 Å². The third-order valence-corrected chi connectivity index (χ3v) is 11.9. The zero-order valence-corrected chi connectivity index (χ0v) is 18.5. The smallest absolute Gasteiger partial charge is 0.393 e. The van der Waals surface area contributed by atoms with Crippen LogP contribution in [0.2, 0.25) is 37.3 Å². The average molecular weight is 362 g/mol. The molecule has 4 nitrogen and oxygen atoms in total. The van der Waals surface area contributed by atoms with Gasteiger partial charge in [-0.15, -0.1) is 0 Å². The summed E-state index contributed by atoms with van der Waals surface area (Å²) in [6.07, 6.45) is 3.32. The number of carbonyl (C=O) groups excluding carboxylic acids is 1. The van der Waals surface area contributed by atoms with Crippen LogP contribution in [0.25, 0.3) is 0 Å². The van der Waals surface area contributed by atoms with E-state index in [9.17, 15) is 4.79 Å². The maximum absolute atomic E-state index is 12.0. The molecule has 0 saturated carbocycles. The van der Waals surface area contributed by atoms with E-state index in [2.05, 4.69) is 53.0 Å². The minimum atomic E-state index is -1.83. The molecular formula is C17H39NO3Si2. The second-order valence-electron chi connectivity index (χ2n) is 7.11. The molecule has 0 aliphatic heterocycles. The van der Waals surface area contributed by atoms with Gasteiger partial charge in [-0.05, 0) is 57.0 Å². The highest BCUT2D eigenvalue weighted by atomic mass is 28.4. The molecule has 0 aliphatic carbocycles. The van der Waals surface area contributed by atoms with Crippen molar-refractivity contribution in [1.82, 2.24) is 5.32 Å². The van der Waals surface area contributed by atoms with E-state index in [0.717, 1.165) is 43.4 Å². The molecule has 1 atom stereocenters. The molecule has 6 heteroatoms. The van der Waals surface area contributed by atoms with Gasteiger partial charge in [0.05, 0.1) is 0 Å². The van der Waals surface area contributed by atoms with Gasteiger partial charge in [0, 0.05) is 12.6 Å². The zero-order chi connectivity index (χ0) is 17.9. The van der Waals surface area contributed by atoms with E-state index < -0.39 is 16.6 Å². The predicted molar refractivity (Wildman–Crippen MR) is 104 cm³/mol. The molecule has 0 bridgehead atoms. The fourth-order valence-electron chi connectivity index (χ4n) is 2.75. The number of rotatable bonds is 12. The van der Waals surface area contributed by atoms with Gasteiger partial charge in [0.25, 0.3) is 8.32 Å². The fourth-order valence-corrected chi connectivity index (χ4v) is 7.63. The summed E-state index contributed by atoms with van der Waals surface area (Å²) in [6.45, 7) is 16.0. The van der Waals surface area contributed by atoms with Crippen LogP contribution in [0.5, 0.6) is 0 Å². The van der Waals surface area contributed by atoms with Gasteiger partial charge in [0.15, 0.2) is 8.32 Å². The first-order chi connectivity index (χ1) is 10.7. The second kappa shape index (κ2) is 11.3. The average Bonchev–Trinajstić information content (AvgIpc) is 2.51. The Morgan fingerprint density at radius 3 is 2.09 bits per heavy atom. The van der Waals surface area contributed by atoms with E-state index in [1.54, 1.807) is 0 Å². The Balaban J connectivity index is 3.97. The molecule has 0 heterocycles. The first kappa shape index (κ1) is 22.7. The summed E-state index contributed by atoms with van der Waals surface area (Å²) in [4.78, 5) is 12.0. The molecule has 0 aromatic rings. The van der Waals surface area contributed by atoms with Crippen LogP contribution in [0, 0.1) is 0 Å². The zero-order valence-electron chi connectivity index (χ0n) is 16.5. The molecule has 0 spiro atoms. The molecule has 1 N–H and O–H groups in total. The number of hydrogen-bond acceptors (Lipinski definition) is 3. The SMILES string of the molecule is CCC(C)O[Si](C)(C)CCCCNC(=O)O[Si](CC)(CC)CC. The number of carbonyl (C=O) groups is 1. The molecule has 1 amide bonds. The van der Waals surface area contributed by atoms with Crippen molar-refractivity contribution in [3.05, 3.63) is 0 Å². The minimum Gasteiger partial charge on any atom is -0.504 e. The molecule has 23 heavy (non-hydrogen) atoms. The summed E-state index contributed by atoms with van der Waals surface area (Å²) in [7, 11) is -3.38. The van der Waals surface area contributed by atoms with Crippen molar-refractivity contribution in [3.63, 3.8) is 0 Å². The Bertz CT molecular complexity index is 326. The lowest BCUT2D eigenvalue weighted by atomic mass is 10.3. The van der Waals surface area contributed by atoms with Crippen LogP contribution in [0.15, 0.2) is 0 Å². The summed E-state index contributed by atoms with van der Waals surface area (Å²) >= 11 is 0. The van der Waals surface area contributed by atoms with Crippen LogP contribution < -0.4 is 5.32 Å². The van der Waals surface area contributed by atoms with E-state index in [1.807, 2.05) is 0 Å². The second-order valence-corrected chi connectivity index (χ2v) is 16.1. The molecule has 0 aromatic carbocycles. The normalized spacial score (nSPS) is 13.7. The van der Waals surface area contributed by atoms with Crippen molar-refractivity contribution >= 4 is 22.7 Å². The largest absolute Gasteiger partial charge is 0.504 e. The summed E-state index contributed by atoms with van der Waals surface area (Å²) < 4.78 is 11.9. The highest BCUT2D eigenvalue weighted by Gasteiger charge is 2.32. The summed E-state index contributed by atoms with van der Waals surface area (Å²) in [5.74, 6) is 0. The fraction of sp³-hybridized carbons (Fsp3) is 0.941. The number of nitrogens with one attached hydrogen (secondary N) is 1. The van der Waals surface area contributed by atoms with E-state index in [4.69, 9.17) is 8.85 Å². The van der Waals surface area contributed by atoms with Gasteiger partial charge in [-0.25, -0.2) is 4.79 Å². The molecule has 138 valence electrons. The molecule has 0 saturated heterocycles. The molecular weight excluding hydrogens is 322 g/mol. The lowest BCUT2D eigenvalue weighted by Gasteiger charge is -2.28. The maximum Gasteiger partial charge on any atom is 0.393 e. The van der Waals surface area contributed by atoms with Gasteiger partial charge >= 0.3 is 6.09 Å². The monoisotopic (exact) mass is 361 g/mol. The van der Waals surface area contributed by atoms with Crippen molar-refractivity contribution in [3.8, 4) is 0 Å². The number of hydrogen-bond donors (Lipinski definition) is 1. The van der Waals surface area contributed by atoms with Crippen LogP contribution in [0.4, 0.5) is 4.79 Å². The third-order valence-electron chi connectivity index (χ3n) is 4.81. The van der Waals surface area contributed by atoms with Gasteiger partial charge in [-0.2, -0.15) is 0 Å². The first-order valence-electron chi connectivity index (χ1n) is 9.38. The van der Waals surface area contributed by atoms with Crippen LogP contribution >= 0.6 is 0 Å². The van der Waals surface area contributed by atoms with E-state index in [0.29, 0.717) is 12.6 Å². The van der Waals surface area contributed by atoms with Crippen molar-refractivity contribution in [2.75, 3.05) is 6.54 Å². The summed E-state index contributed by atoms with van der Waals surface area (Å²) in [6, 6.07) is 4.14. The van der Waals surface area contributed by atoms with Crippen molar-refractivity contribution in [2.24, 2.45) is 0 Å². The first-order valence-corrected chi connectivity index (χ1v) is 15.0. The summed E-state index contributed by atoms with van der Waals surface area (Å²) in [5.41, 5.74) is 0. The van der Waals surface area contributed by atoms with Crippen molar-refractivity contribution in [1.29, 1.82) is 0 Å². The Kier molecular flexibility index (Phi) is 11.1. The summed E-state index contributed by atoms with van der Waals surface area (Å²) in [5, 5.41) is 2.93.